The van der Waals surface area contributed by atoms with Crippen LogP contribution in [0.3, 0.4) is 0 Å². The Morgan fingerprint density at radius 1 is 1.30 bits per heavy atom. The van der Waals surface area contributed by atoms with E-state index in [9.17, 15) is 4.79 Å². The molecule has 2 rings (SSSR count). The smallest absolute Gasteiger partial charge is 0.360 e. The van der Waals surface area contributed by atoms with Gasteiger partial charge in [-0.3, -0.25) is 14.6 Å². The first kappa shape index (κ1) is 14.2. The number of carbonyl (C=O) groups excluding carboxylic acids is 1. The molecule has 0 aliphatic rings. The van der Waals surface area contributed by atoms with Gasteiger partial charge in [0.1, 0.15) is 5.60 Å². The number of carbonyl (C=O) groups is 1. The maximum Gasteiger partial charge on any atom is 0.360 e. The highest BCUT2D eigenvalue weighted by Crippen LogP contribution is 2.26. The molecule has 0 radical (unpaired) electrons. The highest BCUT2D eigenvalue weighted by atomic mass is 16.6. The average Bonchev–Trinajstić information content (AvgIpc) is 2.65. The number of ether oxygens (including phenoxy) is 1. The normalized spacial score (nSPS) is 11.4. The summed E-state index contributed by atoms with van der Waals surface area (Å²) in [6.07, 6.45) is 4.78. The van der Waals surface area contributed by atoms with Crippen molar-refractivity contribution in [1.29, 1.82) is 0 Å². The van der Waals surface area contributed by atoms with E-state index in [2.05, 4.69) is 15.1 Å². The molecular weight excluding hydrogens is 256 g/mol. The van der Waals surface area contributed by atoms with Crippen LogP contribution in [0.1, 0.15) is 37.0 Å². The molecule has 0 unspecified atom stereocenters. The van der Waals surface area contributed by atoms with Gasteiger partial charge in [0.05, 0.1) is 17.5 Å². The van der Waals surface area contributed by atoms with Crippen LogP contribution < -0.4 is 0 Å². The van der Waals surface area contributed by atoms with Crippen molar-refractivity contribution < 1.29 is 9.53 Å². The molecule has 20 heavy (non-hydrogen) atoms. The van der Waals surface area contributed by atoms with Gasteiger partial charge in [0.2, 0.25) is 0 Å². The number of esters is 1. The molecule has 0 saturated carbocycles. The van der Waals surface area contributed by atoms with Crippen molar-refractivity contribution in [3.8, 4) is 11.3 Å². The molecule has 0 saturated heterocycles. The Morgan fingerprint density at radius 3 is 2.55 bits per heavy atom. The number of hydrogen-bond acceptors (Lipinski definition) is 5. The highest BCUT2D eigenvalue weighted by molar-refractivity contribution is 5.95. The van der Waals surface area contributed by atoms with Crippen LogP contribution in [0.25, 0.3) is 11.3 Å². The lowest BCUT2D eigenvalue weighted by Crippen LogP contribution is -2.24. The summed E-state index contributed by atoms with van der Waals surface area (Å²) in [4.78, 5) is 20.5. The van der Waals surface area contributed by atoms with E-state index < -0.39 is 11.6 Å². The van der Waals surface area contributed by atoms with Gasteiger partial charge < -0.3 is 4.74 Å². The van der Waals surface area contributed by atoms with Crippen LogP contribution in [0.5, 0.6) is 0 Å². The van der Waals surface area contributed by atoms with Crippen molar-refractivity contribution in [2.45, 2.75) is 33.3 Å². The van der Waals surface area contributed by atoms with Crippen LogP contribution >= 0.6 is 0 Å². The van der Waals surface area contributed by atoms with Crippen molar-refractivity contribution >= 4 is 5.97 Å². The van der Waals surface area contributed by atoms with Crippen LogP contribution in [0.4, 0.5) is 0 Å². The number of nitrogens with zero attached hydrogens (tertiary/aromatic N) is 4. The van der Waals surface area contributed by atoms with Gasteiger partial charge in [-0.2, -0.15) is 5.10 Å². The van der Waals surface area contributed by atoms with Crippen LogP contribution in [0.15, 0.2) is 18.6 Å². The summed E-state index contributed by atoms with van der Waals surface area (Å²) < 4.78 is 7.03. The van der Waals surface area contributed by atoms with Gasteiger partial charge in [-0.05, 0) is 27.7 Å². The van der Waals surface area contributed by atoms with E-state index in [-0.39, 0.29) is 5.69 Å². The molecule has 2 aromatic heterocycles. The number of aromatic nitrogens is 4. The predicted octanol–water partition coefficient (Wildman–Crippen LogP) is 2.14. The molecule has 0 fully saturated rings. The zero-order valence-electron chi connectivity index (χ0n) is 12.3. The fourth-order valence-electron chi connectivity index (χ4n) is 1.81. The summed E-state index contributed by atoms with van der Waals surface area (Å²) in [6, 6.07) is 0. The Kier molecular flexibility index (Phi) is 3.57. The molecule has 0 amide bonds. The predicted molar refractivity (Wildman–Crippen MR) is 74.1 cm³/mol. The average molecular weight is 274 g/mol. The Balaban J connectivity index is 2.50. The summed E-state index contributed by atoms with van der Waals surface area (Å²) >= 11 is 0. The lowest BCUT2D eigenvalue weighted by molar-refractivity contribution is 0.00629. The fraction of sp³-hybridized carbons (Fsp3) is 0.429. The summed E-state index contributed by atoms with van der Waals surface area (Å²) in [5, 5.41) is 4.24. The number of hydrogen-bond donors (Lipinski definition) is 0. The van der Waals surface area contributed by atoms with E-state index in [1.165, 1.54) is 0 Å². The van der Waals surface area contributed by atoms with Gasteiger partial charge in [0.15, 0.2) is 5.69 Å². The molecule has 0 aliphatic heterocycles. The molecule has 0 N–H and O–H groups in total. The van der Waals surface area contributed by atoms with Crippen molar-refractivity contribution in [2.75, 3.05) is 0 Å². The highest BCUT2D eigenvalue weighted by Gasteiger charge is 2.26. The lowest BCUT2D eigenvalue weighted by atomic mass is 10.1. The van der Waals surface area contributed by atoms with Crippen LogP contribution in [-0.2, 0) is 11.8 Å². The Labute approximate surface area is 117 Å². The van der Waals surface area contributed by atoms with Gasteiger partial charge in [0, 0.05) is 25.1 Å². The van der Waals surface area contributed by atoms with Crippen molar-refractivity contribution in [3.05, 3.63) is 30.0 Å². The molecule has 6 heteroatoms. The fourth-order valence-corrected chi connectivity index (χ4v) is 1.81. The second-order valence-corrected chi connectivity index (χ2v) is 5.53. The molecular formula is C14H18N4O2. The molecule has 2 aromatic rings. The molecule has 0 spiro atoms. The van der Waals surface area contributed by atoms with E-state index >= 15 is 0 Å². The van der Waals surface area contributed by atoms with E-state index in [0.29, 0.717) is 11.3 Å². The number of rotatable bonds is 2. The first-order valence-electron chi connectivity index (χ1n) is 6.33. The van der Waals surface area contributed by atoms with Gasteiger partial charge in [-0.25, -0.2) is 4.79 Å². The maximum absolute atomic E-state index is 12.3. The molecule has 106 valence electrons. The lowest BCUT2D eigenvalue weighted by Gasteiger charge is -2.18. The van der Waals surface area contributed by atoms with Gasteiger partial charge >= 0.3 is 5.97 Å². The molecule has 0 aliphatic carbocycles. The third-order valence-electron chi connectivity index (χ3n) is 2.75. The molecule has 0 atom stereocenters. The van der Waals surface area contributed by atoms with Crippen molar-refractivity contribution in [1.82, 2.24) is 19.7 Å². The van der Waals surface area contributed by atoms with Crippen LogP contribution in [0.2, 0.25) is 0 Å². The van der Waals surface area contributed by atoms with Gasteiger partial charge in [-0.15, -0.1) is 0 Å². The SMILES string of the molecule is Cc1c(-c2cnccn2)c(C(=O)OC(C)(C)C)nn1C. The van der Waals surface area contributed by atoms with Crippen LogP contribution in [-0.4, -0.2) is 31.3 Å². The zero-order valence-corrected chi connectivity index (χ0v) is 12.3. The first-order valence-corrected chi connectivity index (χ1v) is 6.33. The Bertz CT molecular complexity index is 627. The van der Waals surface area contributed by atoms with Crippen molar-refractivity contribution in [3.63, 3.8) is 0 Å². The maximum atomic E-state index is 12.3. The molecule has 6 nitrogen and oxygen atoms in total. The molecule has 2 heterocycles. The van der Waals surface area contributed by atoms with E-state index in [0.717, 1.165) is 5.69 Å². The quantitative estimate of drug-likeness (QED) is 0.785. The summed E-state index contributed by atoms with van der Waals surface area (Å²) in [6.45, 7) is 7.35. The second kappa shape index (κ2) is 5.03. The van der Waals surface area contributed by atoms with E-state index in [1.807, 2.05) is 27.7 Å². The number of aryl methyl sites for hydroxylation is 1. The largest absolute Gasteiger partial charge is 0.455 e. The summed E-state index contributed by atoms with van der Waals surface area (Å²) in [5.41, 5.74) is 1.81. The standard InChI is InChI=1S/C14H18N4O2/c1-9-11(10-8-15-6-7-16-10)12(17-18(9)5)13(19)20-14(2,3)4/h6-8H,1-5H3. The minimum Gasteiger partial charge on any atom is -0.455 e. The van der Waals surface area contributed by atoms with Gasteiger partial charge in [0.25, 0.3) is 0 Å². The van der Waals surface area contributed by atoms with Crippen molar-refractivity contribution in [2.24, 2.45) is 7.05 Å². The second-order valence-electron chi connectivity index (χ2n) is 5.53. The Morgan fingerprint density at radius 2 is 2.00 bits per heavy atom. The van der Waals surface area contributed by atoms with Crippen LogP contribution in [0, 0.1) is 6.92 Å². The topological polar surface area (TPSA) is 69.9 Å². The monoisotopic (exact) mass is 274 g/mol. The van der Waals surface area contributed by atoms with Gasteiger partial charge in [-0.1, -0.05) is 0 Å². The minimum absolute atomic E-state index is 0.264. The third kappa shape index (κ3) is 2.84. The molecule has 0 aromatic carbocycles. The zero-order chi connectivity index (χ0) is 14.9. The van der Waals surface area contributed by atoms with E-state index in [1.54, 1.807) is 30.3 Å². The summed E-state index contributed by atoms with van der Waals surface area (Å²) in [5.74, 6) is -0.457. The first-order chi connectivity index (χ1) is 9.29. The Hall–Kier alpha value is -2.24. The molecule has 0 bridgehead atoms. The van der Waals surface area contributed by atoms with E-state index in [4.69, 9.17) is 4.74 Å². The minimum atomic E-state index is -0.567. The summed E-state index contributed by atoms with van der Waals surface area (Å²) in [7, 11) is 1.78. The third-order valence-corrected chi connectivity index (χ3v) is 2.75.